The Morgan fingerprint density at radius 3 is 2.56 bits per heavy atom. The molecule has 0 saturated heterocycles. The third-order valence-electron chi connectivity index (χ3n) is 3.59. The first kappa shape index (κ1) is 14.4. The number of nitrogen functional groups attached to an aromatic ring is 1. The minimum Gasteiger partial charge on any atom is -0.465 e. The Balaban J connectivity index is 3.19. The molecule has 0 aliphatic rings. The molecule has 2 N–H and O–H groups in total. The summed E-state index contributed by atoms with van der Waals surface area (Å²) in [6.07, 6.45) is 0.978. The van der Waals surface area contributed by atoms with Crippen LogP contribution in [0.3, 0.4) is 0 Å². The fraction of sp³-hybridized carbons (Fsp3) is 0.500. The van der Waals surface area contributed by atoms with Gasteiger partial charge in [0.1, 0.15) is 0 Å². The van der Waals surface area contributed by atoms with Gasteiger partial charge < -0.3 is 15.4 Å². The van der Waals surface area contributed by atoms with Crippen LogP contribution in [0.4, 0.5) is 11.4 Å². The molecule has 1 rings (SSSR count). The molecule has 0 spiro atoms. The van der Waals surface area contributed by atoms with Crippen LogP contribution in [0.25, 0.3) is 0 Å². The van der Waals surface area contributed by atoms with E-state index < -0.39 is 0 Å². The van der Waals surface area contributed by atoms with E-state index in [0.29, 0.717) is 11.3 Å². The van der Waals surface area contributed by atoms with Crippen LogP contribution >= 0.6 is 0 Å². The highest BCUT2D eigenvalue weighted by molar-refractivity contribution is 5.92. The zero-order chi connectivity index (χ0) is 13.9. The molecule has 0 amide bonds. The van der Waals surface area contributed by atoms with Gasteiger partial charge in [0.2, 0.25) is 0 Å². The van der Waals surface area contributed by atoms with Gasteiger partial charge in [0.25, 0.3) is 0 Å². The maximum atomic E-state index is 11.5. The first-order valence-electron chi connectivity index (χ1n) is 6.05. The Labute approximate surface area is 109 Å². The van der Waals surface area contributed by atoms with Crippen molar-refractivity contribution in [3.05, 3.63) is 23.8 Å². The predicted molar refractivity (Wildman–Crippen MR) is 75.0 cm³/mol. The lowest BCUT2D eigenvalue weighted by Gasteiger charge is -2.37. The lowest BCUT2D eigenvalue weighted by atomic mass is 9.98. The Morgan fingerprint density at radius 2 is 2.06 bits per heavy atom. The van der Waals surface area contributed by atoms with Gasteiger partial charge in [-0.25, -0.2) is 4.79 Å². The van der Waals surface area contributed by atoms with Crippen LogP contribution in [-0.4, -0.2) is 25.7 Å². The van der Waals surface area contributed by atoms with Crippen LogP contribution in [0.2, 0.25) is 0 Å². The lowest BCUT2D eigenvalue weighted by molar-refractivity contribution is 0.0601. The van der Waals surface area contributed by atoms with Crippen molar-refractivity contribution in [2.75, 3.05) is 24.8 Å². The first-order valence-corrected chi connectivity index (χ1v) is 6.05. The second kappa shape index (κ2) is 5.29. The highest BCUT2D eigenvalue weighted by Crippen LogP contribution is 2.30. The zero-order valence-electron chi connectivity index (χ0n) is 11.8. The van der Waals surface area contributed by atoms with E-state index >= 15 is 0 Å². The largest absolute Gasteiger partial charge is 0.465 e. The minimum atomic E-state index is -0.348. The normalized spacial score (nSPS) is 11.2. The van der Waals surface area contributed by atoms with Crippen molar-refractivity contribution in [3.8, 4) is 0 Å². The Kier molecular flexibility index (Phi) is 4.22. The predicted octanol–water partition coefficient (Wildman–Crippen LogP) is 2.68. The summed E-state index contributed by atoms with van der Waals surface area (Å²) in [4.78, 5) is 13.6. The smallest absolute Gasteiger partial charge is 0.337 e. The number of rotatable bonds is 4. The minimum absolute atomic E-state index is 0.0249. The monoisotopic (exact) mass is 250 g/mol. The fourth-order valence-electron chi connectivity index (χ4n) is 1.64. The van der Waals surface area contributed by atoms with Crippen LogP contribution in [0.15, 0.2) is 18.2 Å². The fourth-order valence-corrected chi connectivity index (χ4v) is 1.64. The number of benzene rings is 1. The van der Waals surface area contributed by atoms with Gasteiger partial charge in [0.15, 0.2) is 0 Å². The van der Waals surface area contributed by atoms with Crippen molar-refractivity contribution < 1.29 is 9.53 Å². The number of hydrogen-bond donors (Lipinski definition) is 1. The third-order valence-corrected chi connectivity index (χ3v) is 3.59. The average Bonchev–Trinajstić information content (AvgIpc) is 2.37. The summed E-state index contributed by atoms with van der Waals surface area (Å²) < 4.78 is 4.72. The van der Waals surface area contributed by atoms with Gasteiger partial charge in [-0.3, -0.25) is 0 Å². The highest BCUT2D eigenvalue weighted by Gasteiger charge is 2.23. The van der Waals surface area contributed by atoms with Crippen molar-refractivity contribution in [2.45, 2.75) is 32.7 Å². The number of carbonyl (C=O) groups is 1. The molecule has 0 aromatic heterocycles. The Morgan fingerprint density at radius 1 is 1.44 bits per heavy atom. The number of methoxy groups -OCH3 is 1. The zero-order valence-corrected chi connectivity index (χ0v) is 11.8. The Bertz CT molecular complexity index is 441. The van der Waals surface area contributed by atoms with Gasteiger partial charge in [-0.2, -0.15) is 0 Å². The second-order valence-corrected chi connectivity index (χ2v) is 4.99. The van der Waals surface area contributed by atoms with Crippen molar-refractivity contribution >= 4 is 17.3 Å². The molecule has 1 aromatic rings. The van der Waals surface area contributed by atoms with Gasteiger partial charge in [-0.1, -0.05) is 6.92 Å². The third kappa shape index (κ3) is 2.75. The van der Waals surface area contributed by atoms with Crippen LogP contribution in [-0.2, 0) is 4.74 Å². The maximum absolute atomic E-state index is 11.5. The maximum Gasteiger partial charge on any atom is 0.337 e. The second-order valence-electron chi connectivity index (χ2n) is 4.99. The summed E-state index contributed by atoms with van der Waals surface area (Å²) in [6.45, 7) is 6.39. The van der Waals surface area contributed by atoms with Crippen molar-refractivity contribution in [1.82, 2.24) is 0 Å². The van der Waals surface area contributed by atoms with E-state index in [1.165, 1.54) is 7.11 Å². The molecule has 4 nitrogen and oxygen atoms in total. The molecule has 0 heterocycles. The topological polar surface area (TPSA) is 55.6 Å². The molecule has 0 bridgehead atoms. The van der Waals surface area contributed by atoms with Crippen LogP contribution < -0.4 is 10.6 Å². The summed E-state index contributed by atoms with van der Waals surface area (Å²) >= 11 is 0. The molecule has 4 heteroatoms. The van der Waals surface area contributed by atoms with E-state index in [1.54, 1.807) is 18.2 Å². The van der Waals surface area contributed by atoms with E-state index in [2.05, 4.69) is 25.7 Å². The molecule has 0 fully saturated rings. The molecular formula is C14H22N2O2. The van der Waals surface area contributed by atoms with Gasteiger partial charge in [0, 0.05) is 12.6 Å². The van der Waals surface area contributed by atoms with Crippen LogP contribution in [0, 0.1) is 0 Å². The number of esters is 1. The number of ether oxygens (including phenoxy) is 1. The van der Waals surface area contributed by atoms with Crippen molar-refractivity contribution in [2.24, 2.45) is 0 Å². The van der Waals surface area contributed by atoms with Gasteiger partial charge in [-0.15, -0.1) is 0 Å². The molecule has 18 heavy (non-hydrogen) atoms. The molecule has 0 aliphatic heterocycles. The van der Waals surface area contributed by atoms with Crippen molar-refractivity contribution in [3.63, 3.8) is 0 Å². The molecular weight excluding hydrogens is 228 g/mol. The number of carbonyl (C=O) groups excluding carboxylic acids is 1. The quantitative estimate of drug-likeness (QED) is 0.659. The Hall–Kier alpha value is -1.71. The van der Waals surface area contributed by atoms with E-state index in [0.717, 1.165) is 12.1 Å². The van der Waals surface area contributed by atoms with E-state index in [1.807, 2.05) is 7.05 Å². The standard InChI is InChI=1S/C14H22N2O2/c1-6-14(2,3)16(4)12-9-10(13(17)18-5)7-8-11(12)15/h7-9H,6,15H2,1-5H3. The molecule has 0 saturated carbocycles. The SMILES string of the molecule is CCC(C)(C)N(C)c1cc(C(=O)OC)ccc1N. The van der Waals surface area contributed by atoms with E-state index in [-0.39, 0.29) is 11.5 Å². The van der Waals surface area contributed by atoms with Gasteiger partial charge >= 0.3 is 5.97 Å². The average molecular weight is 250 g/mol. The number of hydrogen-bond acceptors (Lipinski definition) is 4. The van der Waals surface area contributed by atoms with Crippen molar-refractivity contribution in [1.29, 1.82) is 0 Å². The lowest BCUT2D eigenvalue weighted by Crippen LogP contribution is -2.41. The summed E-state index contributed by atoms with van der Waals surface area (Å²) in [5, 5.41) is 0. The number of nitrogens with zero attached hydrogens (tertiary/aromatic N) is 1. The molecule has 0 atom stereocenters. The molecule has 0 radical (unpaired) electrons. The highest BCUT2D eigenvalue weighted by atomic mass is 16.5. The van der Waals surface area contributed by atoms with Crippen LogP contribution in [0.5, 0.6) is 0 Å². The molecule has 1 aromatic carbocycles. The van der Waals surface area contributed by atoms with Gasteiger partial charge in [-0.05, 0) is 38.5 Å². The first-order chi connectivity index (χ1) is 8.33. The van der Waals surface area contributed by atoms with Crippen LogP contribution in [0.1, 0.15) is 37.6 Å². The molecule has 0 unspecified atom stereocenters. The molecule has 100 valence electrons. The summed E-state index contributed by atoms with van der Waals surface area (Å²) in [5.41, 5.74) is 7.99. The van der Waals surface area contributed by atoms with E-state index in [4.69, 9.17) is 10.5 Å². The number of anilines is 2. The van der Waals surface area contributed by atoms with E-state index in [9.17, 15) is 4.79 Å². The summed E-state index contributed by atoms with van der Waals surface area (Å²) in [7, 11) is 3.36. The van der Waals surface area contributed by atoms with Gasteiger partial charge in [0.05, 0.1) is 24.0 Å². The molecule has 0 aliphatic carbocycles. The summed E-state index contributed by atoms with van der Waals surface area (Å²) in [5.74, 6) is -0.348. The summed E-state index contributed by atoms with van der Waals surface area (Å²) in [6, 6.07) is 5.19. The number of nitrogens with two attached hydrogens (primary N) is 1.